The van der Waals surface area contributed by atoms with Crippen molar-refractivity contribution in [2.75, 3.05) is 19.4 Å². The summed E-state index contributed by atoms with van der Waals surface area (Å²) in [4.78, 5) is 2.15. The zero-order chi connectivity index (χ0) is 15.2. The maximum atomic E-state index is 13.2. The molecule has 0 saturated heterocycles. The highest BCUT2D eigenvalue weighted by molar-refractivity contribution is 5.45. The largest absolute Gasteiger partial charge is 0.382 e. The van der Waals surface area contributed by atoms with E-state index in [0.717, 1.165) is 24.2 Å². The maximum absolute atomic E-state index is 13.2. The summed E-state index contributed by atoms with van der Waals surface area (Å²) in [5, 5.41) is 3.45. The van der Waals surface area contributed by atoms with Crippen LogP contribution in [-0.4, -0.2) is 25.0 Å². The van der Waals surface area contributed by atoms with Crippen molar-refractivity contribution in [3.05, 3.63) is 65.5 Å². The first-order valence-corrected chi connectivity index (χ1v) is 7.27. The van der Waals surface area contributed by atoms with Crippen molar-refractivity contribution in [3.8, 4) is 0 Å². The Hall–Kier alpha value is -1.87. The summed E-state index contributed by atoms with van der Waals surface area (Å²) in [5.41, 5.74) is 3.41. The van der Waals surface area contributed by atoms with Gasteiger partial charge in [-0.15, -0.1) is 0 Å². The van der Waals surface area contributed by atoms with Crippen LogP contribution in [0, 0.1) is 5.82 Å². The number of nitrogens with one attached hydrogen (secondary N) is 1. The Morgan fingerprint density at radius 3 is 2.38 bits per heavy atom. The van der Waals surface area contributed by atoms with Gasteiger partial charge in [-0.2, -0.15) is 0 Å². The molecule has 2 nitrogen and oxygen atoms in total. The minimum Gasteiger partial charge on any atom is -0.382 e. The average molecular weight is 286 g/mol. The van der Waals surface area contributed by atoms with Gasteiger partial charge in [0.1, 0.15) is 5.82 Å². The van der Waals surface area contributed by atoms with Gasteiger partial charge in [0.15, 0.2) is 0 Å². The molecule has 0 spiro atoms. The fourth-order valence-corrected chi connectivity index (χ4v) is 2.42. The van der Waals surface area contributed by atoms with Gasteiger partial charge in [-0.1, -0.05) is 24.3 Å². The molecule has 0 aliphatic heterocycles. The minimum atomic E-state index is -0.173. The Balaban J connectivity index is 1.91. The lowest BCUT2D eigenvalue weighted by Crippen LogP contribution is -2.18. The molecule has 1 N–H and O–H groups in total. The van der Waals surface area contributed by atoms with Gasteiger partial charge in [-0.05, 0) is 62.8 Å². The Bertz CT molecular complexity index is 564. The van der Waals surface area contributed by atoms with Crippen molar-refractivity contribution in [1.29, 1.82) is 0 Å². The number of anilines is 1. The van der Waals surface area contributed by atoms with E-state index in [2.05, 4.69) is 55.5 Å². The van der Waals surface area contributed by atoms with Crippen LogP contribution in [-0.2, 0) is 13.0 Å². The second kappa shape index (κ2) is 7.23. The van der Waals surface area contributed by atoms with E-state index in [0.29, 0.717) is 0 Å². The van der Waals surface area contributed by atoms with Crippen LogP contribution in [0.3, 0.4) is 0 Å². The fourth-order valence-electron chi connectivity index (χ4n) is 2.42. The Labute approximate surface area is 126 Å². The summed E-state index contributed by atoms with van der Waals surface area (Å²) in [6.07, 6.45) is 0.803. The topological polar surface area (TPSA) is 15.3 Å². The van der Waals surface area contributed by atoms with E-state index in [9.17, 15) is 4.39 Å². The summed E-state index contributed by atoms with van der Waals surface area (Å²) in [7, 11) is 4.13. The van der Waals surface area contributed by atoms with Crippen molar-refractivity contribution in [2.45, 2.75) is 25.9 Å². The molecule has 0 fully saturated rings. The standard InChI is InChI=1S/C18H23FN2/c1-14(11-16-5-4-6-17(19)12-16)20-18-9-7-15(8-10-18)13-21(2)3/h4-10,12,14,20H,11,13H2,1-3H3. The van der Waals surface area contributed by atoms with E-state index in [4.69, 9.17) is 0 Å². The van der Waals surface area contributed by atoms with Gasteiger partial charge in [-0.3, -0.25) is 0 Å². The molecule has 1 atom stereocenters. The van der Waals surface area contributed by atoms with Crippen LogP contribution >= 0.6 is 0 Å². The van der Waals surface area contributed by atoms with Crippen LogP contribution < -0.4 is 5.32 Å². The third-order valence-corrected chi connectivity index (χ3v) is 3.30. The summed E-state index contributed by atoms with van der Waals surface area (Å²) < 4.78 is 13.2. The summed E-state index contributed by atoms with van der Waals surface area (Å²) >= 11 is 0. The van der Waals surface area contributed by atoms with Crippen LogP contribution in [0.5, 0.6) is 0 Å². The molecule has 0 aliphatic rings. The number of hydrogen-bond acceptors (Lipinski definition) is 2. The average Bonchev–Trinajstić information content (AvgIpc) is 2.40. The first kappa shape index (κ1) is 15.5. The van der Waals surface area contributed by atoms with E-state index in [1.807, 2.05) is 6.07 Å². The summed E-state index contributed by atoms with van der Waals surface area (Å²) in [6.45, 7) is 3.05. The third kappa shape index (κ3) is 5.20. The summed E-state index contributed by atoms with van der Waals surface area (Å²) in [6, 6.07) is 15.5. The zero-order valence-electron chi connectivity index (χ0n) is 12.9. The first-order chi connectivity index (χ1) is 10.0. The Morgan fingerprint density at radius 1 is 1.05 bits per heavy atom. The SMILES string of the molecule is CC(Cc1cccc(F)c1)Nc1ccc(CN(C)C)cc1. The van der Waals surface area contributed by atoms with Gasteiger partial charge in [0.05, 0.1) is 0 Å². The first-order valence-electron chi connectivity index (χ1n) is 7.27. The van der Waals surface area contributed by atoms with Crippen molar-refractivity contribution in [3.63, 3.8) is 0 Å². The molecule has 0 radical (unpaired) electrons. The van der Waals surface area contributed by atoms with Crippen molar-refractivity contribution >= 4 is 5.69 Å². The molecule has 0 aromatic heterocycles. The van der Waals surface area contributed by atoms with Crippen molar-refractivity contribution in [2.24, 2.45) is 0 Å². The molecule has 0 bridgehead atoms. The molecule has 0 aliphatic carbocycles. The molecule has 112 valence electrons. The second-order valence-corrected chi connectivity index (χ2v) is 5.81. The highest BCUT2D eigenvalue weighted by Gasteiger charge is 2.05. The lowest BCUT2D eigenvalue weighted by atomic mass is 10.1. The lowest BCUT2D eigenvalue weighted by Gasteiger charge is -2.16. The van der Waals surface area contributed by atoms with E-state index in [-0.39, 0.29) is 11.9 Å². The van der Waals surface area contributed by atoms with E-state index in [1.54, 1.807) is 12.1 Å². The van der Waals surface area contributed by atoms with Gasteiger partial charge in [-0.25, -0.2) is 4.39 Å². The monoisotopic (exact) mass is 286 g/mol. The van der Waals surface area contributed by atoms with Gasteiger partial charge in [0.25, 0.3) is 0 Å². The Morgan fingerprint density at radius 2 is 1.76 bits per heavy atom. The predicted molar refractivity (Wildman–Crippen MR) is 87.0 cm³/mol. The Kier molecular flexibility index (Phi) is 5.34. The quantitative estimate of drug-likeness (QED) is 0.865. The molecule has 0 amide bonds. The van der Waals surface area contributed by atoms with E-state index >= 15 is 0 Å². The van der Waals surface area contributed by atoms with Crippen LogP contribution in [0.15, 0.2) is 48.5 Å². The lowest BCUT2D eigenvalue weighted by molar-refractivity contribution is 0.402. The molecule has 0 saturated carbocycles. The number of rotatable bonds is 6. The number of halogens is 1. The number of hydrogen-bond donors (Lipinski definition) is 1. The molecular formula is C18H23FN2. The molecule has 1 unspecified atom stereocenters. The molecule has 3 heteroatoms. The number of nitrogens with zero attached hydrogens (tertiary/aromatic N) is 1. The molecule has 2 aromatic carbocycles. The van der Waals surface area contributed by atoms with Gasteiger partial charge in [0, 0.05) is 18.3 Å². The van der Waals surface area contributed by atoms with Gasteiger partial charge < -0.3 is 10.2 Å². The fraction of sp³-hybridized carbons (Fsp3) is 0.333. The molecular weight excluding hydrogens is 263 g/mol. The highest BCUT2D eigenvalue weighted by Crippen LogP contribution is 2.14. The summed E-state index contributed by atoms with van der Waals surface area (Å²) in [5.74, 6) is -0.173. The molecule has 2 rings (SSSR count). The second-order valence-electron chi connectivity index (χ2n) is 5.81. The van der Waals surface area contributed by atoms with Crippen LogP contribution in [0.2, 0.25) is 0 Å². The molecule has 2 aromatic rings. The van der Waals surface area contributed by atoms with E-state index < -0.39 is 0 Å². The third-order valence-electron chi connectivity index (χ3n) is 3.30. The minimum absolute atomic E-state index is 0.173. The zero-order valence-corrected chi connectivity index (χ0v) is 12.9. The maximum Gasteiger partial charge on any atom is 0.123 e. The molecule has 21 heavy (non-hydrogen) atoms. The van der Waals surface area contributed by atoms with Crippen LogP contribution in [0.1, 0.15) is 18.1 Å². The van der Waals surface area contributed by atoms with Crippen molar-refractivity contribution in [1.82, 2.24) is 4.90 Å². The number of benzene rings is 2. The predicted octanol–water partition coefficient (Wildman–Crippen LogP) is 3.93. The van der Waals surface area contributed by atoms with Crippen molar-refractivity contribution < 1.29 is 4.39 Å². The smallest absolute Gasteiger partial charge is 0.123 e. The molecule has 0 heterocycles. The highest BCUT2D eigenvalue weighted by atomic mass is 19.1. The van der Waals surface area contributed by atoms with Gasteiger partial charge >= 0.3 is 0 Å². The van der Waals surface area contributed by atoms with E-state index in [1.165, 1.54) is 11.6 Å². The van der Waals surface area contributed by atoms with Gasteiger partial charge in [0.2, 0.25) is 0 Å². The van der Waals surface area contributed by atoms with Crippen LogP contribution in [0.4, 0.5) is 10.1 Å². The van der Waals surface area contributed by atoms with Crippen LogP contribution in [0.25, 0.3) is 0 Å². The normalized spacial score (nSPS) is 12.4.